The minimum absolute atomic E-state index is 0.0563. The molecule has 7 rings (SSSR count). The molecule has 4 aliphatic heterocycles. The molecule has 0 bridgehead atoms. The highest BCUT2D eigenvalue weighted by Crippen LogP contribution is 2.46. The Balaban J connectivity index is 1.12. The van der Waals surface area contributed by atoms with Crippen molar-refractivity contribution in [3.63, 3.8) is 0 Å². The number of allylic oxidation sites excluding steroid dienone is 1. The molecular formula is C35H45N5O10S. The molecule has 0 spiro atoms. The van der Waals surface area contributed by atoms with Gasteiger partial charge in [0.15, 0.2) is 0 Å². The van der Waals surface area contributed by atoms with E-state index in [9.17, 15) is 32.4 Å². The first-order valence-corrected chi connectivity index (χ1v) is 19.5. The number of ether oxygens (including phenoxy) is 3. The maximum atomic E-state index is 14.3. The van der Waals surface area contributed by atoms with Crippen LogP contribution in [-0.2, 0) is 51.7 Å². The van der Waals surface area contributed by atoms with Crippen molar-refractivity contribution in [3.8, 4) is 0 Å². The highest BCUT2D eigenvalue weighted by atomic mass is 32.2. The molecule has 2 aliphatic carbocycles. The van der Waals surface area contributed by atoms with Crippen LogP contribution in [0, 0.1) is 5.92 Å². The second-order valence-corrected chi connectivity index (χ2v) is 16.4. The van der Waals surface area contributed by atoms with Crippen molar-refractivity contribution in [2.24, 2.45) is 5.92 Å². The Kier molecular flexibility index (Phi) is 9.98. The number of alkyl carbamates (subject to hydrolysis) is 1. The van der Waals surface area contributed by atoms with Crippen molar-refractivity contribution in [2.75, 3.05) is 19.8 Å². The summed E-state index contributed by atoms with van der Waals surface area (Å²) in [6.07, 6.45) is 5.82. The maximum Gasteiger partial charge on any atom is 0.410 e. The number of benzene rings is 1. The molecule has 4 heterocycles. The average molecular weight is 728 g/mol. The number of carbonyl (C=O) groups is 5. The van der Waals surface area contributed by atoms with Gasteiger partial charge in [0.1, 0.15) is 29.8 Å². The Hall–Kier alpha value is -4.18. The van der Waals surface area contributed by atoms with E-state index in [0.717, 1.165) is 24.0 Å². The molecule has 6 aliphatic rings. The largest absolute Gasteiger partial charge is 0.444 e. The quantitative estimate of drug-likeness (QED) is 0.366. The smallest absolute Gasteiger partial charge is 0.410 e. The van der Waals surface area contributed by atoms with Crippen molar-refractivity contribution in [1.82, 2.24) is 25.2 Å². The predicted octanol–water partition coefficient (Wildman–Crippen LogP) is 2.00. The van der Waals surface area contributed by atoms with Gasteiger partial charge in [0, 0.05) is 31.8 Å². The first kappa shape index (κ1) is 35.2. The van der Waals surface area contributed by atoms with Gasteiger partial charge in [0.25, 0.3) is 5.91 Å². The number of nitrogens with zero attached hydrogens (tertiary/aromatic N) is 2. The lowest BCUT2D eigenvalue weighted by atomic mass is 10.0. The van der Waals surface area contributed by atoms with Gasteiger partial charge in [-0.2, -0.15) is 0 Å². The van der Waals surface area contributed by atoms with Crippen molar-refractivity contribution in [1.29, 1.82) is 0 Å². The Morgan fingerprint density at radius 2 is 1.73 bits per heavy atom. The van der Waals surface area contributed by atoms with Gasteiger partial charge in [-0.25, -0.2) is 18.0 Å². The minimum Gasteiger partial charge on any atom is -0.444 e. The van der Waals surface area contributed by atoms with Crippen molar-refractivity contribution in [3.05, 3.63) is 47.5 Å². The normalized spacial score (nSPS) is 31.6. The maximum absolute atomic E-state index is 14.3. The van der Waals surface area contributed by atoms with Crippen LogP contribution in [0.1, 0.15) is 75.3 Å². The van der Waals surface area contributed by atoms with E-state index in [2.05, 4.69) is 15.4 Å². The van der Waals surface area contributed by atoms with Gasteiger partial charge in [-0.3, -0.25) is 24.0 Å². The van der Waals surface area contributed by atoms with Crippen LogP contribution in [0.3, 0.4) is 0 Å². The zero-order valence-electron chi connectivity index (χ0n) is 28.4. The molecule has 51 heavy (non-hydrogen) atoms. The molecule has 1 aromatic rings. The van der Waals surface area contributed by atoms with Crippen molar-refractivity contribution in [2.45, 2.75) is 112 Å². The topological polar surface area (TPSA) is 190 Å². The lowest BCUT2D eigenvalue weighted by molar-refractivity contribution is -0.141. The molecule has 1 unspecified atom stereocenters. The number of fused-ring (bicyclic) bond motifs is 3. The average Bonchev–Trinajstić information content (AvgIpc) is 3.88. The molecule has 2 saturated carbocycles. The fourth-order valence-corrected chi connectivity index (χ4v) is 8.82. The number of nitrogens with one attached hydrogen (secondary N) is 3. The van der Waals surface area contributed by atoms with E-state index in [1.54, 1.807) is 4.90 Å². The van der Waals surface area contributed by atoms with E-state index in [1.807, 2.05) is 36.4 Å². The van der Waals surface area contributed by atoms with Gasteiger partial charge in [0.2, 0.25) is 21.8 Å². The molecule has 276 valence electrons. The Morgan fingerprint density at radius 1 is 0.961 bits per heavy atom. The fraction of sp³-hybridized carbons (Fsp3) is 0.629. The Bertz CT molecular complexity index is 1670. The monoisotopic (exact) mass is 727 g/mol. The van der Waals surface area contributed by atoms with Crippen LogP contribution < -0.4 is 15.4 Å². The first-order chi connectivity index (χ1) is 24.5. The van der Waals surface area contributed by atoms with E-state index >= 15 is 0 Å². The highest BCUT2D eigenvalue weighted by Gasteiger charge is 2.62. The van der Waals surface area contributed by atoms with Crippen molar-refractivity contribution < 1.29 is 46.6 Å². The van der Waals surface area contributed by atoms with Gasteiger partial charge in [-0.1, -0.05) is 49.3 Å². The molecule has 5 amide bonds. The highest BCUT2D eigenvalue weighted by molar-refractivity contribution is 7.91. The molecule has 1 aromatic carbocycles. The Labute approximate surface area is 296 Å². The summed E-state index contributed by atoms with van der Waals surface area (Å²) in [6, 6.07) is 5.48. The van der Waals surface area contributed by atoms with E-state index in [1.165, 1.54) is 4.90 Å². The molecule has 0 radical (unpaired) electrons. The van der Waals surface area contributed by atoms with E-state index in [4.69, 9.17) is 14.2 Å². The zero-order valence-corrected chi connectivity index (χ0v) is 29.2. The molecule has 2 saturated heterocycles. The summed E-state index contributed by atoms with van der Waals surface area (Å²) in [5.41, 5.74) is 0.493. The molecule has 16 heteroatoms. The number of rotatable bonds is 6. The third-order valence-electron chi connectivity index (χ3n) is 10.7. The third kappa shape index (κ3) is 7.86. The van der Waals surface area contributed by atoms with Crippen LogP contribution in [0.4, 0.5) is 9.59 Å². The van der Waals surface area contributed by atoms with Crippen LogP contribution >= 0.6 is 0 Å². The number of hydrogen-bond acceptors (Lipinski definition) is 10. The standard InChI is InChI=1S/C35H45N5O10S/c41-30-29-16-26(50-34(45)39-18-22-8-6-7-9-23(22)19-39)20-40(29)31(42)28(36-33(44)49-25-14-15-48-21-25)11-5-3-1-2-4-10-24-17-35(24,37-30)32(43)38-51(46,47)27-12-13-27/h4,6-10,24-29H,1-3,5,11-21H2,(H,36,44)(H,37,41)(H,38,43)/b10-4-/t24-,25-,26-,28+,29?,35-/m1/s1. The van der Waals surface area contributed by atoms with E-state index in [0.29, 0.717) is 51.8 Å². The summed E-state index contributed by atoms with van der Waals surface area (Å²) in [5.74, 6) is -2.48. The third-order valence-corrected chi connectivity index (χ3v) is 12.5. The first-order valence-electron chi connectivity index (χ1n) is 17.9. The van der Waals surface area contributed by atoms with Crippen LogP contribution in [0.2, 0.25) is 0 Å². The zero-order chi connectivity index (χ0) is 35.8. The molecule has 6 atom stereocenters. The second-order valence-electron chi connectivity index (χ2n) is 14.5. The molecule has 0 aromatic heterocycles. The van der Waals surface area contributed by atoms with Crippen LogP contribution in [-0.4, -0.2) is 103 Å². The second kappa shape index (κ2) is 14.4. The summed E-state index contributed by atoms with van der Waals surface area (Å²) in [5, 5.41) is 4.89. The molecule has 3 N–H and O–H groups in total. The molecule has 15 nitrogen and oxygen atoms in total. The van der Waals surface area contributed by atoms with Gasteiger partial charge < -0.3 is 29.7 Å². The minimum atomic E-state index is -3.90. The van der Waals surface area contributed by atoms with Crippen LogP contribution in [0.5, 0.6) is 0 Å². The number of sulfonamides is 1. The summed E-state index contributed by atoms with van der Waals surface area (Å²) >= 11 is 0. The van der Waals surface area contributed by atoms with E-state index in [-0.39, 0.29) is 32.4 Å². The molecule has 4 fully saturated rings. The van der Waals surface area contributed by atoms with Crippen molar-refractivity contribution >= 4 is 39.9 Å². The predicted molar refractivity (Wildman–Crippen MR) is 180 cm³/mol. The van der Waals surface area contributed by atoms with Gasteiger partial charge in [-0.05, 0) is 49.7 Å². The number of amides is 5. The number of hydrogen-bond donors (Lipinski definition) is 3. The van der Waals surface area contributed by atoms with Crippen LogP contribution in [0.15, 0.2) is 36.4 Å². The number of carbonyl (C=O) groups excluding carboxylic acids is 5. The van der Waals surface area contributed by atoms with E-state index < -0.39 is 80.9 Å². The summed E-state index contributed by atoms with van der Waals surface area (Å²) in [7, 11) is -3.90. The van der Waals surface area contributed by atoms with Gasteiger partial charge >= 0.3 is 12.2 Å². The van der Waals surface area contributed by atoms with Gasteiger partial charge in [-0.15, -0.1) is 0 Å². The molecular weight excluding hydrogens is 682 g/mol. The SMILES string of the molecule is O=C(N[C@H]1CCCCC/C=C\[C@@H]2C[C@@]2(C(=O)NS(=O)(=O)C2CC2)NC(=O)C2C[C@@H](OC(=O)N3Cc4ccccc4C3)CN2C1=O)O[C@@H]1CCOC1. The summed E-state index contributed by atoms with van der Waals surface area (Å²) in [4.78, 5) is 71.3. The Morgan fingerprint density at radius 3 is 2.43 bits per heavy atom. The summed E-state index contributed by atoms with van der Waals surface area (Å²) < 4.78 is 44.4. The van der Waals surface area contributed by atoms with Crippen LogP contribution in [0.25, 0.3) is 0 Å². The lowest BCUT2D eigenvalue weighted by Gasteiger charge is -2.30. The lowest BCUT2D eigenvalue weighted by Crippen LogP contribution is -2.58. The van der Waals surface area contributed by atoms with Gasteiger partial charge in [0.05, 0.1) is 25.0 Å². The summed E-state index contributed by atoms with van der Waals surface area (Å²) in [6.45, 7) is 1.35. The fourth-order valence-electron chi connectivity index (χ4n) is 7.46.